The van der Waals surface area contributed by atoms with E-state index in [1.807, 2.05) is 14.1 Å². The molecule has 0 fully saturated rings. The Hall–Kier alpha value is -0.0900. The molecule has 0 N–H and O–H groups in total. The SMILES string of the molecule is Br.COC(=O)CCC(C)N(C)C. The molecule has 0 amide bonds. The van der Waals surface area contributed by atoms with Crippen molar-refractivity contribution in [1.82, 2.24) is 4.90 Å². The maximum Gasteiger partial charge on any atom is 0.305 e. The van der Waals surface area contributed by atoms with Crippen molar-refractivity contribution in [2.24, 2.45) is 0 Å². The van der Waals surface area contributed by atoms with Gasteiger partial charge in [-0.15, -0.1) is 17.0 Å². The minimum Gasteiger partial charge on any atom is -0.469 e. The van der Waals surface area contributed by atoms with E-state index in [1.54, 1.807) is 0 Å². The normalized spacial score (nSPS) is 12.1. The van der Waals surface area contributed by atoms with Crippen molar-refractivity contribution in [2.45, 2.75) is 25.8 Å². The van der Waals surface area contributed by atoms with E-state index in [0.717, 1.165) is 6.42 Å². The van der Waals surface area contributed by atoms with Gasteiger partial charge in [0.25, 0.3) is 0 Å². The summed E-state index contributed by atoms with van der Waals surface area (Å²) in [5.41, 5.74) is 0. The standard InChI is InChI=1S/C8H17NO2.BrH/c1-7(9(2)3)5-6-8(10)11-4;/h7H,5-6H2,1-4H3;1H. The highest BCUT2D eigenvalue weighted by Gasteiger charge is 2.07. The summed E-state index contributed by atoms with van der Waals surface area (Å²) in [5, 5.41) is 0. The zero-order chi connectivity index (χ0) is 8.85. The predicted molar refractivity (Wildman–Crippen MR) is 54.7 cm³/mol. The van der Waals surface area contributed by atoms with Crippen LogP contribution in [0, 0.1) is 0 Å². The maximum absolute atomic E-state index is 10.7. The molecular weight excluding hydrogens is 222 g/mol. The highest BCUT2D eigenvalue weighted by Crippen LogP contribution is 2.02. The molecule has 0 radical (unpaired) electrons. The van der Waals surface area contributed by atoms with Crippen LogP contribution in [0.3, 0.4) is 0 Å². The fourth-order valence-electron chi connectivity index (χ4n) is 0.687. The number of carbonyl (C=O) groups is 1. The largest absolute Gasteiger partial charge is 0.469 e. The average molecular weight is 240 g/mol. The van der Waals surface area contributed by atoms with Crippen LogP contribution in [0.2, 0.25) is 0 Å². The van der Waals surface area contributed by atoms with Crippen LogP contribution in [0.25, 0.3) is 0 Å². The van der Waals surface area contributed by atoms with Gasteiger partial charge in [0, 0.05) is 12.5 Å². The van der Waals surface area contributed by atoms with E-state index in [4.69, 9.17) is 0 Å². The van der Waals surface area contributed by atoms with E-state index in [-0.39, 0.29) is 23.0 Å². The Kier molecular flexibility index (Phi) is 9.09. The van der Waals surface area contributed by atoms with Gasteiger partial charge in [0.2, 0.25) is 0 Å². The second-order valence-electron chi connectivity index (χ2n) is 2.93. The molecule has 0 spiro atoms. The average Bonchev–Trinajstić information content (AvgIpc) is 1.99. The van der Waals surface area contributed by atoms with Crippen LogP contribution in [-0.2, 0) is 9.53 Å². The molecule has 4 heteroatoms. The van der Waals surface area contributed by atoms with Crippen molar-refractivity contribution >= 4 is 23.0 Å². The quantitative estimate of drug-likeness (QED) is 0.697. The number of ether oxygens (including phenoxy) is 1. The Bertz CT molecular complexity index is 128. The number of rotatable bonds is 4. The molecule has 0 saturated heterocycles. The van der Waals surface area contributed by atoms with Crippen LogP contribution in [-0.4, -0.2) is 38.1 Å². The summed E-state index contributed by atoms with van der Waals surface area (Å²) in [7, 11) is 5.42. The Labute approximate surface area is 84.8 Å². The number of carbonyl (C=O) groups excluding carboxylic acids is 1. The van der Waals surface area contributed by atoms with Gasteiger partial charge in [0.15, 0.2) is 0 Å². The fraction of sp³-hybridized carbons (Fsp3) is 0.875. The van der Waals surface area contributed by atoms with Gasteiger partial charge in [-0.1, -0.05) is 0 Å². The smallest absolute Gasteiger partial charge is 0.305 e. The number of halogens is 1. The van der Waals surface area contributed by atoms with E-state index in [1.165, 1.54) is 7.11 Å². The van der Waals surface area contributed by atoms with Crippen LogP contribution in [0.15, 0.2) is 0 Å². The zero-order valence-corrected chi connectivity index (χ0v) is 9.88. The third kappa shape index (κ3) is 6.61. The summed E-state index contributed by atoms with van der Waals surface area (Å²) < 4.78 is 4.52. The Balaban J connectivity index is 0. The van der Waals surface area contributed by atoms with Crippen LogP contribution >= 0.6 is 17.0 Å². The van der Waals surface area contributed by atoms with Gasteiger partial charge in [0.05, 0.1) is 7.11 Å². The minimum atomic E-state index is -0.126. The van der Waals surface area contributed by atoms with Crippen molar-refractivity contribution in [3.05, 3.63) is 0 Å². The first-order valence-electron chi connectivity index (χ1n) is 3.81. The monoisotopic (exact) mass is 239 g/mol. The topological polar surface area (TPSA) is 29.5 Å². The molecule has 0 aromatic rings. The molecule has 0 aromatic carbocycles. The highest BCUT2D eigenvalue weighted by atomic mass is 79.9. The molecule has 0 saturated carbocycles. The summed E-state index contributed by atoms with van der Waals surface area (Å²) in [6.07, 6.45) is 1.37. The third-order valence-corrected chi connectivity index (χ3v) is 1.88. The van der Waals surface area contributed by atoms with Crippen LogP contribution in [0.4, 0.5) is 0 Å². The Morgan fingerprint density at radius 2 is 2.00 bits per heavy atom. The Morgan fingerprint density at radius 3 is 2.33 bits per heavy atom. The van der Waals surface area contributed by atoms with Gasteiger partial charge in [-0.3, -0.25) is 4.79 Å². The van der Waals surface area contributed by atoms with Crippen molar-refractivity contribution in [1.29, 1.82) is 0 Å². The van der Waals surface area contributed by atoms with E-state index >= 15 is 0 Å². The van der Waals surface area contributed by atoms with Gasteiger partial charge in [0.1, 0.15) is 0 Å². The van der Waals surface area contributed by atoms with E-state index in [9.17, 15) is 4.79 Å². The lowest BCUT2D eigenvalue weighted by molar-refractivity contribution is -0.140. The summed E-state index contributed by atoms with van der Waals surface area (Å²) in [6.45, 7) is 2.09. The van der Waals surface area contributed by atoms with Gasteiger partial charge in [-0.25, -0.2) is 0 Å². The third-order valence-electron chi connectivity index (χ3n) is 1.88. The lowest BCUT2D eigenvalue weighted by Gasteiger charge is -2.18. The van der Waals surface area contributed by atoms with Crippen LogP contribution < -0.4 is 0 Å². The molecule has 12 heavy (non-hydrogen) atoms. The molecule has 0 aromatic heterocycles. The fourth-order valence-corrected chi connectivity index (χ4v) is 0.687. The number of methoxy groups -OCH3 is 1. The van der Waals surface area contributed by atoms with E-state index < -0.39 is 0 Å². The first-order chi connectivity index (χ1) is 5.07. The molecule has 0 rings (SSSR count). The van der Waals surface area contributed by atoms with Crippen molar-refractivity contribution in [2.75, 3.05) is 21.2 Å². The molecule has 0 bridgehead atoms. The molecule has 3 nitrogen and oxygen atoms in total. The predicted octanol–water partition coefficient (Wildman–Crippen LogP) is 1.47. The van der Waals surface area contributed by atoms with Crippen molar-refractivity contribution in [3.63, 3.8) is 0 Å². The number of hydrogen-bond acceptors (Lipinski definition) is 3. The summed E-state index contributed by atoms with van der Waals surface area (Å²) in [4.78, 5) is 12.8. The molecule has 0 aliphatic rings. The van der Waals surface area contributed by atoms with E-state index in [2.05, 4.69) is 16.6 Å². The van der Waals surface area contributed by atoms with Gasteiger partial charge in [-0.05, 0) is 27.4 Å². The minimum absolute atomic E-state index is 0. The van der Waals surface area contributed by atoms with Gasteiger partial charge in [-0.2, -0.15) is 0 Å². The van der Waals surface area contributed by atoms with E-state index in [0.29, 0.717) is 12.5 Å². The number of esters is 1. The van der Waals surface area contributed by atoms with Crippen LogP contribution in [0.5, 0.6) is 0 Å². The zero-order valence-electron chi connectivity index (χ0n) is 8.16. The second kappa shape index (κ2) is 7.55. The molecule has 74 valence electrons. The first-order valence-corrected chi connectivity index (χ1v) is 3.81. The lowest BCUT2D eigenvalue weighted by atomic mass is 10.2. The van der Waals surface area contributed by atoms with Crippen LogP contribution in [0.1, 0.15) is 19.8 Å². The highest BCUT2D eigenvalue weighted by molar-refractivity contribution is 8.93. The maximum atomic E-state index is 10.7. The number of hydrogen-bond donors (Lipinski definition) is 0. The Morgan fingerprint density at radius 1 is 1.50 bits per heavy atom. The molecule has 1 unspecified atom stereocenters. The molecule has 0 aliphatic heterocycles. The molecule has 1 atom stereocenters. The summed E-state index contributed by atoms with van der Waals surface area (Å²) in [5.74, 6) is -0.126. The summed E-state index contributed by atoms with van der Waals surface area (Å²) >= 11 is 0. The van der Waals surface area contributed by atoms with Crippen molar-refractivity contribution < 1.29 is 9.53 Å². The number of nitrogens with zero attached hydrogens (tertiary/aromatic N) is 1. The molecule has 0 heterocycles. The first kappa shape index (κ1) is 14.4. The lowest BCUT2D eigenvalue weighted by Crippen LogP contribution is -2.25. The molecule has 0 aliphatic carbocycles. The summed E-state index contributed by atoms with van der Waals surface area (Å²) in [6, 6.07) is 0.439. The van der Waals surface area contributed by atoms with Gasteiger partial charge < -0.3 is 9.64 Å². The van der Waals surface area contributed by atoms with Crippen molar-refractivity contribution in [3.8, 4) is 0 Å². The second-order valence-corrected chi connectivity index (χ2v) is 2.93. The van der Waals surface area contributed by atoms with Gasteiger partial charge >= 0.3 is 5.97 Å². The molecular formula is C8H18BrNO2.